The second-order valence-electron chi connectivity index (χ2n) is 7.98. The van der Waals surface area contributed by atoms with Gasteiger partial charge in [-0.05, 0) is 50.5 Å². The number of oxazole rings is 1. The van der Waals surface area contributed by atoms with Gasteiger partial charge >= 0.3 is 5.76 Å². The summed E-state index contributed by atoms with van der Waals surface area (Å²) in [6.07, 6.45) is 4.52. The number of H-pyrrole nitrogens is 1. The molecule has 1 aromatic carbocycles. The van der Waals surface area contributed by atoms with Crippen LogP contribution in [-0.2, 0) is 11.3 Å². The number of likely N-dealkylation sites (tertiary alicyclic amines) is 1. The molecular weight excluding hydrogens is 412 g/mol. The van der Waals surface area contributed by atoms with Crippen LogP contribution in [0.15, 0.2) is 39.7 Å². The molecule has 1 aliphatic heterocycles. The number of aryl methyl sites for hydroxylation is 1. The Kier molecular flexibility index (Phi) is 4.96. The van der Waals surface area contributed by atoms with Gasteiger partial charge in [0.2, 0.25) is 5.91 Å². The average Bonchev–Trinajstić information content (AvgIpc) is 3.33. The molecule has 1 saturated heterocycles. The van der Waals surface area contributed by atoms with Crippen LogP contribution >= 0.6 is 0 Å². The third kappa shape index (κ3) is 3.64. The van der Waals surface area contributed by atoms with Crippen molar-refractivity contribution in [3.63, 3.8) is 0 Å². The van der Waals surface area contributed by atoms with E-state index in [4.69, 9.17) is 4.42 Å². The molecular formula is C22H22N6O4. The van der Waals surface area contributed by atoms with Crippen molar-refractivity contribution in [2.24, 2.45) is 0 Å². The Morgan fingerprint density at radius 3 is 2.81 bits per heavy atom. The zero-order valence-corrected chi connectivity index (χ0v) is 17.6. The quantitative estimate of drug-likeness (QED) is 0.508. The van der Waals surface area contributed by atoms with Crippen molar-refractivity contribution < 1.29 is 14.0 Å². The number of aromatic nitrogens is 4. The van der Waals surface area contributed by atoms with Gasteiger partial charge in [-0.1, -0.05) is 0 Å². The molecule has 0 saturated carbocycles. The number of carbonyl (C=O) groups excluding carboxylic acids is 2. The van der Waals surface area contributed by atoms with E-state index >= 15 is 0 Å². The fraction of sp³-hybridized carbons (Fsp3) is 0.318. The van der Waals surface area contributed by atoms with Gasteiger partial charge in [0.1, 0.15) is 6.54 Å². The van der Waals surface area contributed by atoms with Crippen LogP contribution in [0.5, 0.6) is 0 Å². The van der Waals surface area contributed by atoms with E-state index in [1.54, 1.807) is 29.2 Å². The average molecular weight is 434 g/mol. The third-order valence-corrected chi connectivity index (χ3v) is 5.79. The van der Waals surface area contributed by atoms with Crippen LogP contribution in [0.25, 0.3) is 22.1 Å². The number of nitrogens with one attached hydrogen (secondary N) is 2. The summed E-state index contributed by atoms with van der Waals surface area (Å²) < 4.78 is 6.60. The highest BCUT2D eigenvalue weighted by Gasteiger charge is 2.20. The van der Waals surface area contributed by atoms with Crippen molar-refractivity contribution in [3.05, 3.63) is 52.3 Å². The maximum Gasteiger partial charge on any atom is 0.420 e. The second-order valence-corrected chi connectivity index (χ2v) is 7.98. The number of anilines is 1. The molecule has 10 heteroatoms. The molecule has 164 valence electrons. The van der Waals surface area contributed by atoms with Gasteiger partial charge in [0.15, 0.2) is 11.2 Å². The van der Waals surface area contributed by atoms with E-state index in [0.717, 1.165) is 30.3 Å². The second kappa shape index (κ2) is 7.95. The van der Waals surface area contributed by atoms with E-state index in [2.05, 4.69) is 20.5 Å². The molecule has 0 unspecified atom stereocenters. The number of carbonyl (C=O) groups is 2. The predicted octanol–water partition coefficient (Wildman–Crippen LogP) is 2.44. The smallest absolute Gasteiger partial charge is 0.408 e. The molecule has 1 aliphatic rings. The summed E-state index contributed by atoms with van der Waals surface area (Å²) in [6, 6.07) is 6.61. The van der Waals surface area contributed by atoms with Crippen molar-refractivity contribution in [2.75, 3.05) is 18.4 Å². The lowest BCUT2D eigenvalue weighted by atomic mass is 10.1. The van der Waals surface area contributed by atoms with Crippen LogP contribution < -0.4 is 11.1 Å². The molecule has 0 bridgehead atoms. The lowest BCUT2D eigenvalue weighted by Crippen LogP contribution is -2.39. The first-order valence-corrected chi connectivity index (χ1v) is 10.5. The summed E-state index contributed by atoms with van der Waals surface area (Å²) in [7, 11) is 0. The van der Waals surface area contributed by atoms with E-state index in [9.17, 15) is 14.4 Å². The normalized spacial score (nSPS) is 14.2. The van der Waals surface area contributed by atoms with Crippen molar-refractivity contribution >= 4 is 39.6 Å². The first kappa shape index (κ1) is 20.0. The number of piperidine rings is 1. The molecule has 3 aromatic heterocycles. The molecule has 0 aliphatic carbocycles. The topological polar surface area (TPSA) is 126 Å². The molecule has 2 amide bonds. The Morgan fingerprint density at radius 1 is 1.19 bits per heavy atom. The maximum absolute atomic E-state index is 12.8. The molecule has 4 aromatic rings. The number of aromatic amines is 1. The van der Waals surface area contributed by atoms with E-state index in [-0.39, 0.29) is 18.4 Å². The van der Waals surface area contributed by atoms with Gasteiger partial charge in [-0.15, -0.1) is 0 Å². The van der Waals surface area contributed by atoms with Crippen LogP contribution in [-0.4, -0.2) is 49.6 Å². The van der Waals surface area contributed by atoms with Crippen molar-refractivity contribution in [3.8, 4) is 0 Å². The molecule has 4 heterocycles. The third-order valence-electron chi connectivity index (χ3n) is 5.79. The Labute approximate surface area is 182 Å². The van der Waals surface area contributed by atoms with Gasteiger partial charge < -0.3 is 14.6 Å². The summed E-state index contributed by atoms with van der Waals surface area (Å²) in [5.74, 6) is -1.06. The first-order chi connectivity index (χ1) is 15.5. The molecule has 10 nitrogen and oxygen atoms in total. The van der Waals surface area contributed by atoms with Crippen molar-refractivity contribution in [1.29, 1.82) is 0 Å². The lowest BCUT2D eigenvalue weighted by molar-refractivity contribution is -0.132. The number of amides is 2. The summed E-state index contributed by atoms with van der Waals surface area (Å²) >= 11 is 0. The van der Waals surface area contributed by atoms with Gasteiger partial charge in [-0.3, -0.25) is 19.3 Å². The number of hydrogen-bond donors (Lipinski definition) is 2. The number of rotatable bonds is 4. The van der Waals surface area contributed by atoms with Crippen molar-refractivity contribution in [1.82, 2.24) is 24.6 Å². The summed E-state index contributed by atoms with van der Waals surface area (Å²) in [5.41, 5.74) is 3.04. The maximum atomic E-state index is 12.8. The zero-order valence-electron chi connectivity index (χ0n) is 17.6. The minimum Gasteiger partial charge on any atom is -0.408 e. The van der Waals surface area contributed by atoms with E-state index in [0.29, 0.717) is 41.1 Å². The molecule has 2 N–H and O–H groups in total. The number of fused-ring (bicyclic) bond motifs is 2. The zero-order chi connectivity index (χ0) is 22.2. The molecule has 0 atom stereocenters. The highest BCUT2D eigenvalue weighted by molar-refractivity contribution is 6.06. The minimum atomic E-state index is -0.598. The molecule has 1 fully saturated rings. The largest absolute Gasteiger partial charge is 0.420 e. The fourth-order valence-corrected chi connectivity index (χ4v) is 4.02. The van der Waals surface area contributed by atoms with E-state index < -0.39 is 5.76 Å². The van der Waals surface area contributed by atoms with E-state index in [1.807, 2.05) is 6.92 Å². The first-order valence-electron chi connectivity index (χ1n) is 10.5. The number of benzene rings is 1. The highest BCUT2D eigenvalue weighted by Crippen LogP contribution is 2.21. The minimum absolute atomic E-state index is 0.0937. The molecule has 5 rings (SSSR count). The molecule has 32 heavy (non-hydrogen) atoms. The van der Waals surface area contributed by atoms with Gasteiger partial charge in [0, 0.05) is 36.1 Å². The van der Waals surface area contributed by atoms with Gasteiger partial charge in [0.05, 0.1) is 11.1 Å². The van der Waals surface area contributed by atoms with Gasteiger partial charge in [-0.25, -0.2) is 9.78 Å². The van der Waals surface area contributed by atoms with Crippen LogP contribution in [0.2, 0.25) is 0 Å². The summed E-state index contributed by atoms with van der Waals surface area (Å²) in [6.45, 7) is 3.18. The monoisotopic (exact) mass is 434 g/mol. The van der Waals surface area contributed by atoms with Crippen LogP contribution in [0.1, 0.15) is 35.3 Å². The Bertz CT molecular complexity index is 1390. The number of nitrogens with zero attached hydrogens (tertiary/aromatic N) is 4. The van der Waals surface area contributed by atoms with Crippen molar-refractivity contribution in [2.45, 2.75) is 32.7 Å². The fourth-order valence-electron chi connectivity index (χ4n) is 4.02. The van der Waals surface area contributed by atoms with E-state index in [1.165, 1.54) is 10.8 Å². The van der Waals surface area contributed by atoms with Crippen LogP contribution in [0.4, 0.5) is 5.69 Å². The molecule has 0 radical (unpaired) electrons. The molecule has 0 spiro atoms. The Hall–Kier alpha value is -3.95. The lowest BCUT2D eigenvalue weighted by Gasteiger charge is -2.26. The summed E-state index contributed by atoms with van der Waals surface area (Å²) in [4.78, 5) is 43.8. The van der Waals surface area contributed by atoms with Gasteiger partial charge in [0.25, 0.3) is 5.91 Å². The van der Waals surface area contributed by atoms with Gasteiger partial charge in [-0.2, -0.15) is 5.10 Å². The SMILES string of the molecule is Cc1[nH]nc2ncc(C(=O)Nc3ccc4oc(=O)n(CC(=O)N5CCCCC5)c4c3)cc12. The number of pyridine rings is 1. The van der Waals surface area contributed by atoms with Crippen LogP contribution in [0, 0.1) is 6.92 Å². The Balaban J connectivity index is 1.40. The number of hydrogen-bond acceptors (Lipinski definition) is 6. The highest BCUT2D eigenvalue weighted by atomic mass is 16.4. The standard InChI is InChI=1S/C22H22N6O4/c1-13-16-9-14(11-23-20(16)26-25-13)21(30)24-15-5-6-18-17(10-15)28(22(31)32-18)12-19(29)27-7-3-2-4-8-27/h5-6,9-11H,2-4,7-8,12H2,1H3,(H,24,30)(H,23,25,26). The summed E-state index contributed by atoms with van der Waals surface area (Å²) in [5, 5.41) is 10.5. The Morgan fingerprint density at radius 2 is 2.00 bits per heavy atom. The predicted molar refractivity (Wildman–Crippen MR) is 117 cm³/mol. The van der Waals surface area contributed by atoms with Crippen LogP contribution in [0.3, 0.4) is 0 Å².